The first-order valence-corrected chi connectivity index (χ1v) is 7.82. The number of phosphoric acid groups is 1. The highest BCUT2D eigenvalue weighted by atomic mass is 31.2. The summed E-state index contributed by atoms with van der Waals surface area (Å²) in [6.45, 7) is 1.33. The van der Waals surface area contributed by atoms with E-state index in [1.54, 1.807) is 6.92 Å². The fourth-order valence-electron chi connectivity index (χ4n) is 1.19. The van der Waals surface area contributed by atoms with Crippen LogP contribution in [0.3, 0.4) is 0 Å². The molecule has 9 heteroatoms. The van der Waals surface area contributed by atoms with E-state index in [0.717, 1.165) is 0 Å². The van der Waals surface area contributed by atoms with Crippen LogP contribution in [0.2, 0.25) is 0 Å². The Balaban J connectivity index is 4.06. The first-order valence-electron chi connectivity index (χ1n) is 6.36. The largest absolute Gasteiger partial charge is 0.756 e. The number of hydrogen-bond donors (Lipinski definition) is 0. The van der Waals surface area contributed by atoms with E-state index in [1.165, 1.54) is 0 Å². The van der Waals surface area contributed by atoms with E-state index in [-0.39, 0.29) is 19.8 Å². The van der Waals surface area contributed by atoms with Gasteiger partial charge < -0.3 is 27.9 Å². The maximum absolute atomic E-state index is 11.9. The first-order chi connectivity index (χ1) is 9.20. The van der Waals surface area contributed by atoms with Crippen LogP contribution >= 0.6 is 7.82 Å². The summed E-state index contributed by atoms with van der Waals surface area (Å²) >= 11 is 0. The summed E-state index contributed by atoms with van der Waals surface area (Å²) in [5.74, 6) is 0. The van der Waals surface area contributed by atoms with E-state index >= 15 is 0 Å². The van der Waals surface area contributed by atoms with Crippen LogP contribution in [-0.4, -0.2) is 71.6 Å². The molecule has 0 heterocycles. The summed E-state index contributed by atoms with van der Waals surface area (Å²) in [7, 11) is 1.37. The molecule has 0 aliphatic carbocycles. The van der Waals surface area contributed by atoms with Crippen molar-refractivity contribution in [2.24, 2.45) is 0 Å². The molecular weight excluding hydrogens is 292 g/mol. The maximum Gasteiger partial charge on any atom is 0.268 e. The van der Waals surface area contributed by atoms with E-state index in [9.17, 15) is 13.8 Å². The third-order valence-corrected chi connectivity index (χ3v) is 3.18. The molecule has 2 atom stereocenters. The Morgan fingerprint density at radius 2 is 1.90 bits per heavy atom. The molecule has 0 rings (SSSR count). The summed E-state index contributed by atoms with van der Waals surface area (Å²) in [5.41, 5.74) is 0. The molecule has 0 radical (unpaired) electrons. The van der Waals surface area contributed by atoms with Gasteiger partial charge in [0.2, 0.25) is 0 Å². The molecule has 20 heavy (non-hydrogen) atoms. The molecule has 0 aromatic carbocycles. The van der Waals surface area contributed by atoms with Crippen LogP contribution in [0.4, 0.5) is 4.39 Å². The summed E-state index contributed by atoms with van der Waals surface area (Å²) in [6, 6.07) is 0. The zero-order valence-corrected chi connectivity index (χ0v) is 13.4. The maximum atomic E-state index is 11.9. The van der Waals surface area contributed by atoms with Gasteiger partial charge in [-0.15, -0.1) is 0 Å². The molecule has 0 bridgehead atoms. The van der Waals surface area contributed by atoms with Crippen molar-refractivity contribution in [3.05, 3.63) is 0 Å². The van der Waals surface area contributed by atoms with E-state index < -0.39 is 20.8 Å². The van der Waals surface area contributed by atoms with E-state index in [4.69, 9.17) is 13.8 Å². The highest BCUT2D eigenvalue weighted by Crippen LogP contribution is 2.38. The van der Waals surface area contributed by atoms with Gasteiger partial charge >= 0.3 is 0 Å². The second kappa shape index (κ2) is 9.78. The number of nitrogens with zero attached hydrogens (tertiary/aromatic N) is 1. The third-order valence-electron chi connectivity index (χ3n) is 2.21. The van der Waals surface area contributed by atoms with Gasteiger partial charge in [0.05, 0.1) is 34.4 Å². The molecule has 0 amide bonds. The smallest absolute Gasteiger partial charge is 0.268 e. The minimum absolute atomic E-state index is 0.0323. The monoisotopic (exact) mass is 317 g/mol. The van der Waals surface area contributed by atoms with Gasteiger partial charge in [-0.1, -0.05) is 0 Å². The SMILES string of the molecule is CCOC(COCF)COP(=O)([O-])OCC[N+](C)(C)C. The Morgan fingerprint density at radius 1 is 1.25 bits per heavy atom. The van der Waals surface area contributed by atoms with Crippen molar-refractivity contribution < 1.29 is 36.9 Å². The molecule has 0 saturated heterocycles. The molecule has 2 unspecified atom stereocenters. The number of ether oxygens (including phenoxy) is 2. The molecule has 0 aliphatic heterocycles. The van der Waals surface area contributed by atoms with Gasteiger partial charge in [0.1, 0.15) is 19.3 Å². The van der Waals surface area contributed by atoms with Gasteiger partial charge in [0.15, 0.2) is 6.86 Å². The van der Waals surface area contributed by atoms with Crippen molar-refractivity contribution in [1.82, 2.24) is 0 Å². The molecule has 7 nitrogen and oxygen atoms in total. The highest BCUT2D eigenvalue weighted by Gasteiger charge is 2.17. The molecule has 122 valence electrons. The van der Waals surface area contributed by atoms with E-state index in [1.807, 2.05) is 21.1 Å². The third kappa shape index (κ3) is 11.7. The first kappa shape index (κ1) is 19.9. The lowest BCUT2D eigenvalue weighted by Gasteiger charge is -2.28. The fourth-order valence-corrected chi connectivity index (χ4v) is 1.92. The Morgan fingerprint density at radius 3 is 2.40 bits per heavy atom. The van der Waals surface area contributed by atoms with E-state index in [2.05, 4.69) is 4.74 Å². The van der Waals surface area contributed by atoms with Gasteiger partial charge in [0, 0.05) is 6.61 Å². The van der Waals surface area contributed by atoms with Gasteiger partial charge in [-0.25, -0.2) is 4.39 Å². The second-order valence-electron chi connectivity index (χ2n) is 5.15. The second-order valence-corrected chi connectivity index (χ2v) is 6.56. The van der Waals surface area contributed by atoms with Gasteiger partial charge in [0.25, 0.3) is 7.82 Å². The van der Waals surface area contributed by atoms with Crippen LogP contribution in [0.25, 0.3) is 0 Å². The molecule has 0 aliphatic rings. The number of likely N-dealkylation sites (N-methyl/N-ethyl adjacent to an activating group) is 1. The van der Waals surface area contributed by atoms with Gasteiger partial charge in [-0.3, -0.25) is 4.57 Å². The van der Waals surface area contributed by atoms with E-state index in [0.29, 0.717) is 17.6 Å². The molecule has 0 fully saturated rings. The lowest BCUT2D eigenvalue weighted by atomic mass is 10.4. The zero-order chi connectivity index (χ0) is 15.6. The Labute approximate surface area is 119 Å². The van der Waals surface area contributed by atoms with Gasteiger partial charge in [-0.05, 0) is 6.92 Å². The molecule has 0 aromatic heterocycles. The van der Waals surface area contributed by atoms with Crippen molar-refractivity contribution in [2.75, 3.05) is 61.0 Å². The predicted molar refractivity (Wildman–Crippen MR) is 69.8 cm³/mol. The standard InChI is InChI=1S/C11H25FNO6P/c1-5-17-11(8-16-10-12)9-19-20(14,15)18-7-6-13(2,3)4/h11H,5-10H2,1-4H3. The Hall–Kier alpha value is -0.0800. The topological polar surface area (TPSA) is 77.1 Å². The van der Waals surface area contributed by atoms with Crippen molar-refractivity contribution in [3.63, 3.8) is 0 Å². The number of halogens is 1. The lowest BCUT2D eigenvalue weighted by molar-refractivity contribution is -0.870. The number of quaternary nitrogens is 1. The minimum atomic E-state index is -4.38. The molecular formula is C11H25FNO6P. The van der Waals surface area contributed by atoms with Crippen molar-refractivity contribution >= 4 is 7.82 Å². The highest BCUT2D eigenvalue weighted by molar-refractivity contribution is 7.45. The number of phosphoric ester groups is 1. The van der Waals surface area contributed by atoms with Crippen molar-refractivity contribution in [1.29, 1.82) is 0 Å². The molecule has 0 aromatic rings. The molecule has 0 N–H and O–H groups in total. The Bertz CT molecular complexity index is 299. The van der Waals surface area contributed by atoms with Crippen LogP contribution in [0.15, 0.2) is 0 Å². The summed E-state index contributed by atoms with van der Waals surface area (Å²) in [6.07, 6.45) is -0.653. The number of alkyl halides is 1. The lowest BCUT2D eigenvalue weighted by Crippen LogP contribution is -2.37. The molecule has 0 spiro atoms. The quantitative estimate of drug-likeness (QED) is 0.386. The zero-order valence-electron chi connectivity index (χ0n) is 12.5. The molecule has 0 saturated carbocycles. The van der Waals surface area contributed by atoms with Crippen LogP contribution in [0, 0.1) is 0 Å². The average molecular weight is 317 g/mol. The summed E-state index contributed by atoms with van der Waals surface area (Å²) in [4.78, 5) is 11.5. The van der Waals surface area contributed by atoms with Crippen LogP contribution < -0.4 is 4.89 Å². The summed E-state index contributed by atoms with van der Waals surface area (Å²) < 4.78 is 43.1. The van der Waals surface area contributed by atoms with Crippen LogP contribution in [-0.2, 0) is 23.1 Å². The fraction of sp³-hybridized carbons (Fsp3) is 1.00. The minimum Gasteiger partial charge on any atom is -0.756 e. The van der Waals surface area contributed by atoms with Crippen LogP contribution in [0.1, 0.15) is 6.92 Å². The number of rotatable bonds is 12. The number of hydrogen-bond acceptors (Lipinski definition) is 6. The van der Waals surface area contributed by atoms with Crippen LogP contribution in [0.5, 0.6) is 0 Å². The van der Waals surface area contributed by atoms with Crippen molar-refractivity contribution in [2.45, 2.75) is 13.0 Å². The predicted octanol–water partition coefficient (Wildman–Crippen LogP) is 0.543. The average Bonchev–Trinajstić information content (AvgIpc) is 2.31. The normalized spacial score (nSPS) is 16.9. The van der Waals surface area contributed by atoms with Gasteiger partial charge in [-0.2, -0.15) is 0 Å². The summed E-state index contributed by atoms with van der Waals surface area (Å²) in [5, 5.41) is 0. The Kier molecular flexibility index (Phi) is 9.74. The van der Waals surface area contributed by atoms with Crippen molar-refractivity contribution in [3.8, 4) is 0 Å².